The molecule has 3 rings (SSSR count). The summed E-state index contributed by atoms with van der Waals surface area (Å²) in [5, 5.41) is 0. The largest absolute Gasteiger partial charge is 0.497 e. The number of likely N-dealkylation sites (tertiary alicyclic amines) is 1. The minimum absolute atomic E-state index is 0.117. The van der Waals surface area contributed by atoms with E-state index in [-0.39, 0.29) is 6.04 Å². The molecule has 2 saturated heterocycles. The summed E-state index contributed by atoms with van der Waals surface area (Å²) in [4.78, 5) is 19.8. The molecule has 2 aliphatic heterocycles. The summed E-state index contributed by atoms with van der Waals surface area (Å²) >= 11 is 0. The number of ether oxygens (including phenoxy) is 1. The molecule has 0 unspecified atom stereocenters. The van der Waals surface area contributed by atoms with Gasteiger partial charge in [0.25, 0.3) is 0 Å². The van der Waals surface area contributed by atoms with Crippen LogP contribution in [0.3, 0.4) is 0 Å². The molecule has 2 aliphatic rings. The Balaban J connectivity index is 1.49. The van der Waals surface area contributed by atoms with Crippen molar-refractivity contribution in [3.05, 3.63) is 29.8 Å². The van der Waals surface area contributed by atoms with Crippen molar-refractivity contribution < 1.29 is 9.53 Å². The average Bonchev–Trinajstić information content (AvgIpc) is 2.68. The monoisotopic (exact) mass is 345 g/mol. The van der Waals surface area contributed by atoms with E-state index in [2.05, 4.69) is 33.8 Å². The number of nitrogens with zero attached hydrogens (tertiary/aromatic N) is 3. The van der Waals surface area contributed by atoms with Crippen LogP contribution in [0.1, 0.15) is 31.7 Å². The van der Waals surface area contributed by atoms with E-state index >= 15 is 0 Å². The van der Waals surface area contributed by atoms with Gasteiger partial charge in [-0.05, 0) is 43.6 Å². The summed E-state index contributed by atoms with van der Waals surface area (Å²) in [5.74, 6) is 1.25. The van der Waals surface area contributed by atoms with E-state index in [1.54, 1.807) is 7.11 Å². The summed E-state index contributed by atoms with van der Waals surface area (Å²) in [6, 6.07) is 8.39. The lowest BCUT2D eigenvalue weighted by Gasteiger charge is -2.40. The fraction of sp³-hybridized carbons (Fsp3) is 0.650. The highest BCUT2D eigenvalue weighted by molar-refractivity contribution is 5.82. The van der Waals surface area contributed by atoms with E-state index in [0.717, 1.165) is 58.0 Å². The van der Waals surface area contributed by atoms with Gasteiger partial charge in [0.15, 0.2) is 0 Å². The lowest BCUT2D eigenvalue weighted by Crippen LogP contribution is -2.55. The summed E-state index contributed by atoms with van der Waals surface area (Å²) in [7, 11) is 1.69. The second-order valence-corrected chi connectivity index (χ2v) is 7.09. The number of benzene rings is 1. The van der Waals surface area contributed by atoms with E-state index < -0.39 is 0 Å². The summed E-state index contributed by atoms with van der Waals surface area (Å²) < 4.78 is 5.21. The lowest BCUT2D eigenvalue weighted by molar-refractivity contribution is -0.140. The zero-order valence-corrected chi connectivity index (χ0v) is 15.6. The molecule has 0 saturated carbocycles. The number of methoxy groups -OCH3 is 1. The SMILES string of the molecule is CCN1CCCC[C@H]1C(=O)N1CCN(Cc2ccc(OC)cc2)CC1. The highest BCUT2D eigenvalue weighted by Crippen LogP contribution is 2.20. The van der Waals surface area contributed by atoms with Crippen LogP contribution in [0.5, 0.6) is 5.75 Å². The number of carbonyl (C=O) groups is 1. The van der Waals surface area contributed by atoms with Crippen LogP contribution in [-0.2, 0) is 11.3 Å². The van der Waals surface area contributed by atoms with Crippen LogP contribution in [0.2, 0.25) is 0 Å². The second-order valence-electron chi connectivity index (χ2n) is 7.09. The van der Waals surface area contributed by atoms with Crippen molar-refractivity contribution in [3.8, 4) is 5.75 Å². The maximum Gasteiger partial charge on any atom is 0.240 e. The Hall–Kier alpha value is -1.59. The molecule has 0 aliphatic carbocycles. The molecule has 1 aromatic carbocycles. The predicted molar refractivity (Wildman–Crippen MR) is 99.7 cm³/mol. The molecule has 1 amide bonds. The molecule has 138 valence electrons. The second kappa shape index (κ2) is 8.68. The molecule has 2 fully saturated rings. The standard InChI is InChI=1S/C20H31N3O2/c1-3-22-11-5-4-6-19(22)20(24)23-14-12-21(13-15-23)16-17-7-9-18(25-2)10-8-17/h7-10,19H,3-6,11-16H2,1-2H3/t19-/m0/s1. The first-order valence-corrected chi connectivity index (χ1v) is 9.59. The smallest absolute Gasteiger partial charge is 0.240 e. The Morgan fingerprint density at radius 3 is 2.44 bits per heavy atom. The highest BCUT2D eigenvalue weighted by atomic mass is 16.5. The van der Waals surface area contributed by atoms with Gasteiger partial charge in [-0.3, -0.25) is 14.6 Å². The van der Waals surface area contributed by atoms with Gasteiger partial charge in [-0.1, -0.05) is 25.5 Å². The van der Waals surface area contributed by atoms with Crippen molar-refractivity contribution in [2.24, 2.45) is 0 Å². The zero-order valence-electron chi connectivity index (χ0n) is 15.6. The molecule has 0 radical (unpaired) electrons. The molecule has 0 spiro atoms. The number of hydrogen-bond donors (Lipinski definition) is 0. The molecule has 1 atom stereocenters. The van der Waals surface area contributed by atoms with Crippen LogP contribution in [0.25, 0.3) is 0 Å². The van der Waals surface area contributed by atoms with Crippen molar-refractivity contribution in [2.75, 3.05) is 46.4 Å². The minimum Gasteiger partial charge on any atom is -0.497 e. The fourth-order valence-electron chi connectivity index (χ4n) is 3.98. The van der Waals surface area contributed by atoms with Crippen molar-refractivity contribution in [3.63, 3.8) is 0 Å². The first-order chi connectivity index (χ1) is 12.2. The van der Waals surface area contributed by atoms with E-state index in [1.807, 2.05) is 12.1 Å². The number of piperazine rings is 1. The Kier molecular flexibility index (Phi) is 6.32. The molecule has 5 nitrogen and oxygen atoms in total. The average molecular weight is 345 g/mol. The van der Waals surface area contributed by atoms with Gasteiger partial charge >= 0.3 is 0 Å². The van der Waals surface area contributed by atoms with Gasteiger partial charge in [-0.25, -0.2) is 0 Å². The van der Waals surface area contributed by atoms with Gasteiger partial charge in [0.1, 0.15) is 5.75 Å². The summed E-state index contributed by atoms with van der Waals surface area (Å²) in [6.07, 6.45) is 3.44. The van der Waals surface area contributed by atoms with Gasteiger partial charge in [0.05, 0.1) is 13.2 Å². The van der Waals surface area contributed by atoms with Crippen LogP contribution in [0.15, 0.2) is 24.3 Å². The molecular weight excluding hydrogens is 314 g/mol. The van der Waals surface area contributed by atoms with Crippen molar-refractivity contribution >= 4 is 5.91 Å². The molecule has 25 heavy (non-hydrogen) atoms. The van der Waals surface area contributed by atoms with E-state index in [4.69, 9.17) is 4.74 Å². The first kappa shape index (κ1) is 18.2. The number of amides is 1. The fourth-order valence-corrected chi connectivity index (χ4v) is 3.98. The van der Waals surface area contributed by atoms with Gasteiger partial charge in [0.2, 0.25) is 5.91 Å². The van der Waals surface area contributed by atoms with Gasteiger partial charge in [-0.15, -0.1) is 0 Å². The number of rotatable bonds is 5. The molecular formula is C20H31N3O2. The predicted octanol–water partition coefficient (Wildman–Crippen LogP) is 2.21. The lowest BCUT2D eigenvalue weighted by atomic mass is 10.0. The number of hydrogen-bond acceptors (Lipinski definition) is 4. The summed E-state index contributed by atoms with van der Waals surface area (Å²) in [5.41, 5.74) is 1.30. The molecule has 0 bridgehead atoms. The third kappa shape index (κ3) is 4.53. The number of likely N-dealkylation sites (N-methyl/N-ethyl adjacent to an activating group) is 1. The zero-order chi connectivity index (χ0) is 17.6. The number of piperidine rings is 1. The Morgan fingerprint density at radius 2 is 1.80 bits per heavy atom. The quantitative estimate of drug-likeness (QED) is 0.820. The Labute approximate surface area is 151 Å². The van der Waals surface area contributed by atoms with Crippen molar-refractivity contribution in [1.82, 2.24) is 14.7 Å². The van der Waals surface area contributed by atoms with Crippen LogP contribution < -0.4 is 4.74 Å². The van der Waals surface area contributed by atoms with Gasteiger partial charge < -0.3 is 9.64 Å². The van der Waals surface area contributed by atoms with Crippen LogP contribution in [-0.4, -0.2) is 73.0 Å². The van der Waals surface area contributed by atoms with Crippen LogP contribution >= 0.6 is 0 Å². The van der Waals surface area contributed by atoms with Crippen molar-refractivity contribution in [1.29, 1.82) is 0 Å². The first-order valence-electron chi connectivity index (χ1n) is 9.59. The topological polar surface area (TPSA) is 36.0 Å². The molecule has 5 heteroatoms. The highest BCUT2D eigenvalue weighted by Gasteiger charge is 2.32. The molecule has 2 heterocycles. The van der Waals surface area contributed by atoms with Crippen LogP contribution in [0, 0.1) is 0 Å². The van der Waals surface area contributed by atoms with Crippen LogP contribution in [0.4, 0.5) is 0 Å². The molecule has 0 N–H and O–H groups in total. The third-order valence-electron chi connectivity index (χ3n) is 5.55. The van der Waals surface area contributed by atoms with Gasteiger partial charge in [0, 0.05) is 32.7 Å². The maximum absolute atomic E-state index is 12.9. The van der Waals surface area contributed by atoms with E-state index in [9.17, 15) is 4.79 Å². The van der Waals surface area contributed by atoms with E-state index in [0.29, 0.717) is 5.91 Å². The third-order valence-corrected chi connectivity index (χ3v) is 5.55. The number of carbonyl (C=O) groups excluding carboxylic acids is 1. The maximum atomic E-state index is 12.9. The Morgan fingerprint density at radius 1 is 1.08 bits per heavy atom. The van der Waals surface area contributed by atoms with Crippen molar-refractivity contribution in [2.45, 2.75) is 38.8 Å². The Bertz CT molecular complexity index is 553. The summed E-state index contributed by atoms with van der Waals surface area (Å²) in [6.45, 7) is 8.77. The molecule has 1 aromatic rings. The molecule has 0 aromatic heterocycles. The van der Waals surface area contributed by atoms with Gasteiger partial charge in [-0.2, -0.15) is 0 Å². The normalized spacial score (nSPS) is 22.8. The van der Waals surface area contributed by atoms with E-state index in [1.165, 1.54) is 18.4 Å². The minimum atomic E-state index is 0.117.